The van der Waals surface area contributed by atoms with Gasteiger partial charge in [0.1, 0.15) is 17.8 Å². The minimum Gasteiger partial charge on any atom is -0.377 e. The van der Waals surface area contributed by atoms with Crippen LogP contribution in [0.4, 0.5) is 5.82 Å². The van der Waals surface area contributed by atoms with Crippen LogP contribution in [0.25, 0.3) is 11.0 Å². The minimum atomic E-state index is -0.0820. The molecule has 1 spiro atoms. The third-order valence-electron chi connectivity index (χ3n) is 5.78. The van der Waals surface area contributed by atoms with Crippen molar-refractivity contribution in [2.24, 2.45) is 0 Å². The highest BCUT2D eigenvalue weighted by molar-refractivity contribution is 5.87. The molecule has 27 heavy (non-hydrogen) atoms. The number of nitrogens with one attached hydrogen (secondary N) is 1. The molecule has 2 aliphatic heterocycles. The number of amides is 1. The topological polar surface area (TPSA) is 74.3 Å². The van der Waals surface area contributed by atoms with Crippen molar-refractivity contribution >= 4 is 22.8 Å². The summed E-state index contributed by atoms with van der Waals surface area (Å²) in [6, 6.07) is 2.03. The lowest BCUT2D eigenvalue weighted by Crippen LogP contribution is -2.57. The van der Waals surface area contributed by atoms with E-state index in [1.54, 1.807) is 12.4 Å². The van der Waals surface area contributed by atoms with E-state index in [1.165, 1.54) is 0 Å². The number of nitrogens with zero attached hydrogens (tertiary/aromatic N) is 4. The van der Waals surface area contributed by atoms with Crippen molar-refractivity contribution in [1.82, 2.24) is 19.9 Å². The lowest BCUT2D eigenvalue weighted by atomic mass is 9.86. The Balaban J connectivity index is 1.51. The van der Waals surface area contributed by atoms with E-state index >= 15 is 0 Å². The van der Waals surface area contributed by atoms with Crippen LogP contribution in [0.3, 0.4) is 0 Å². The first-order chi connectivity index (χ1) is 13.2. The summed E-state index contributed by atoms with van der Waals surface area (Å²) in [7, 11) is 0. The molecule has 1 atom stereocenters. The van der Waals surface area contributed by atoms with E-state index in [-0.39, 0.29) is 11.4 Å². The van der Waals surface area contributed by atoms with Crippen LogP contribution in [-0.2, 0) is 9.53 Å². The highest BCUT2D eigenvalue weighted by Gasteiger charge is 2.46. The molecule has 1 N–H and O–H groups in total. The fourth-order valence-electron chi connectivity index (χ4n) is 4.62. The molecule has 4 rings (SSSR count). The fraction of sp³-hybridized carbons (Fsp3) is 0.550. The summed E-state index contributed by atoms with van der Waals surface area (Å²) in [5, 5.41) is 1.04. The van der Waals surface area contributed by atoms with E-state index in [4.69, 9.17) is 4.74 Å². The van der Waals surface area contributed by atoms with E-state index in [1.807, 2.05) is 12.3 Å². The Morgan fingerprint density at radius 2 is 2.19 bits per heavy atom. The predicted octanol–water partition coefficient (Wildman–Crippen LogP) is 2.51. The van der Waals surface area contributed by atoms with Crippen molar-refractivity contribution in [3.63, 3.8) is 0 Å². The molecule has 1 unspecified atom stereocenters. The van der Waals surface area contributed by atoms with Crippen LogP contribution >= 0.6 is 0 Å². The van der Waals surface area contributed by atoms with Crippen LogP contribution in [-0.4, -0.2) is 64.1 Å². The highest BCUT2D eigenvalue weighted by Crippen LogP contribution is 2.39. The van der Waals surface area contributed by atoms with Gasteiger partial charge in [-0.1, -0.05) is 6.08 Å². The minimum absolute atomic E-state index is 0.0820. The van der Waals surface area contributed by atoms with E-state index in [0.717, 1.165) is 62.2 Å². The number of fused-ring (bicyclic) bond motifs is 1. The van der Waals surface area contributed by atoms with E-state index in [2.05, 4.69) is 31.3 Å². The van der Waals surface area contributed by atoms with Gasteiger partial charge in [-0.15, -0.1) is 6.58 Å². The third-order valence-corrected chi connectivity index (χ3v) is 5.78. The first-order valence-electron chi connectivity index (χ1n) is 9.76. The van der Waals surface area contributed by atoms with E-state index < -0.39 is 0 Å². The number of ether oxygens (including phenoxy) is 1. The number of hydrogen-bond donors (Lipinski definition) is 1. The summed E-state index contributed by atoms with van der Waals surface area (Å²) in [4.78, 5) is 29.3. The zero-order chi connectivity index (χ0) is 18.7. The Morgan fingerprint density at radius 3 is 3.04 bits per heavy atom. The molecule has 0 bridgehead atoms. The van der Waals surface area contributed by atoms with Gasteiger partial charge >= 0.3 is 0 Å². The van der Waals surface area contributed by atoms with Gasteiger partial charge < -0.3 is 19.5 Å². The van der Waals surface area contributed by atoms with Gasteiger partial charge in [0.05, 0.1) is 30.6 Å². The Morgan fingerprint density at radius 1 is 1.33 bits per heavy atom. The van der Waals surface area contributed by atoms with E-state index in [9.17, 15) is 4.79 Å². The van der Waals surface area contributed by atoms with E-state index in [0.29, 0.717) is 19.6 Å². The number of carbonyl (C=O) groups is 1. The molecule has 0 aliphatic carbocycles. The fourth-order valence-corrected chi connectivity index (χ4v) is 4.62. The first-order valence-corrected chi connectivity index (χ1v) is 9.76. The molecule has 0 saturated carbocycles. The zero-order valence-corrected chi connectivity index (χ0v) is 15.7. The predicted molar refractivity (Wildman–Crippen MR) is 105 cm³/mol. The molecule has 4 heterocycles. The number of anilines is 1. The Hall–Kier alpha value is -2.41. The molecule has 2 aromatic heterocycles. The molecule has 0 radical (unpaired) electrons. The second kappa shape index (κ2) is 7.68. The second-order valence-electron chi connectivity index (χ2n) is 7.45. The molecule has 2 aromatic rings. The van der Waals surface area contributed by atoms with Crippen LogP contribution in [0, 0.1) is 0 Å². The molecule has 144 valence electrons. The lowest BCUT2D eigenvalue weighted by Gasteiger charge is -2.46. The number of rotatable bonds is 6. The van der Waals surface area contributed by atoms with Crippen molar-refractivity contribution in [2.75, 3.05) is 37.7 Å². The average molecular weight is 369 g/mol. The van der Waals surface area contributed by atoms with Gasteiger partial charge in [-0.05, 0) is 31.7 Å². The van der Waals surface area contributed by atoms with Gasteiger partial charge in [0.2, 0.25) is 5.91 Å². The maximum absolute atomic E-state index is 12.9. The van der Waals surface area contributed by atoms with Crippen molar-refractivity contribution in [3.05, 3.63) is 31.2 Å². The molecule has 0 aromatic carbocycles. The molecule has 7 heteroatoms. The summed E-state index contributed by atoms with van der Waals surface area (Å²) >= 11 is 0. The number of aromatic nitrogens is 3. The lowest BCUT2D eigenvalue weighted by molar-refractivity contribution is -0.136. The summed E-state index contributed by atoms with van der Waals surface area (Å²) in [5.41, 5.74) is 0.778. The molecule has 1 amide bonds. The van der Waals surface area contributed by atoms with Crippen LogP contribution < -0.4 is 4.90 Å². The van der Waals surface area contributed by atoms with Crippen LogP contribution in [0.5, 0.6) is 0 Å². The van der Waals surface area contributed by atoms with Gasteiger partial charge in [-0.25, -0.2) is 9.97 Å². The Bertz CT molecular complexity index is 820. The normalized spacial score (nSPS) is 22.7. The zero-order valence-electron chi connectivity index (χ0n) is 15.7. The largest absolute Gasteiger partial charge is 0.377 e. The number of carbonyl (C=O) groups excluding carboxylic acids is 1. The average Bonchev–Trinajstić information content (AvgIpc) is 3.32. The number of hydrogen-bond acceptors (Lipinski definition) is 5. The first kappa shape index (κ1) is 18.0. The molecular weight excluding hydrogens is 342 g/mol. The van der Waals surface area contributed by atoms with Crippen molar-refractivity contribution in [3.8, 4) is 0 Å². The molecular formula is C20H27N5O2. The maximum Gasteiger partial charge on any atom is 0.225 e. The number of piperidine rings is 1. The Kier molecular flexibility index (Phi) is 5.11. The standard InChI is InChI=1S/C20H27N5O2/c1-2-12-27-13-6-17(26)25-11-4-8-20(25)7-3-10-24(14-20)19-16-5-9-21-18(16)22-15-23-19/h2,5,9,15H,1,3-4,6-8,10-14H2,(H,21,22,23). The number of H-pyrrole nitrogens is 1. The van der Waals surface area contributed by atoms with Gasteiger partial charge in [0, 0.05) is 25.8 Å². The van der Waals surface area contributed by atoms with Gasteiger partial charge in [0.15, 0.2) is 0 Å². The van der Waals surface area contributed by atoms with Gasteiger partial charge in [-0.3, -0.25) is 4.79 Å². The summed E-state index contributed by atoms with van der Waals surface area (Å²) in [5.74, 6) is 1.17. The van der Waals surface area contributed by atoms with Crippen LogP contribution in [0.2, 0.25) is 0 Å². The quantitative estimate of drug-likeness (QED) is 0.626. The van der Waals surface area contributed by atoms with Crippen molar-refractivity contribution < 1.29 is 9.53 Å². The van der Waals surface area contributed by atoms with Crippen molar-refractivity contribution in [2.45, 2.75) is 37.6 Å². The Labute approximate surface area is 159 Å². The molecule has 7 nitrogen and oxygen atoms in total. The highest BCUT2D eigenvalue weighted by atomic mass is 16.5. The summed E-state index contributed by atoms with van der Waals surface area (Å²) in [6.07, 6.45) is 9.91. The summed E-state index contributed by atoms with van der Waals surface area (Å²) < 4.78 is 5.42. The van der Waals surface area contributed by atoms with Crippen LogP contribution in [0.15, 0.2) is 31.2 Å². The number of likely N-dealkylation sites (tertiary alicyclic amines) is 1. The third kappa shape index (κ3) is 3.43. The molecule has 2 aliphatic rings. The monoisotopic (exact) mass is 369 g/mol. The van der Waals surface area contributed by atoms with Gasteiger partial charge in [0.25, 0.3) is 0 Å². The number of aromatic amines is 1. The maximum atomic E-state index is 12.9. The molecule has 2 saturated heterocycles. The second-order valence-corrected chi connectivity index (χ2v) is 7.45. The summed E-state index contributed by atoms with van der Waals surface area (Å²) in [6.45, 7) is 7.23. The van der Waals surface area contributed by atoms with Crippen LogP contribution in [0.1, 0.15) is 32.1 Å². The van der Waals surface area contributed by atoms with Gasteiger partial charge in [-0.2, -0.15) is 0 Å². The van der Waals surface area contributed by atoms with Crippen molar-refractivity contribution in [1.29, 1.82) is 0 Å². The SMILES string of the molecule is C=CCOCCC(=O)N1CCCC12CCCN(c1ncnc3[nH]ccc13)C2. The smallest absolute Gasteiger partial charge is 0.225 e. The molecule has 2 fully saturated rings.